The fraction of sp³-hybridized carbons (Fsp3) is 0.581. The average Bonchev–Trinajstić information content (AvgIpc) is 3.18. The van der Waals surface area contributed by atoms with E-state index in [9.17, 15) is 23.9 Å². The van der Waals surface area contributed by atoms with Gasteiger partial charge in [0, 0.05) is 68.0 Å². The van der Waals surface area contributed by atoms with E-state index in [0.29, 0.717) is 45.1 Å². The molecule has 10 nitrogen and oxygen atoms in total. The molecule has 0 saturated carbocycles. The third-order valence-electron chi connectivity index (χ3n) is 9.06. The Kier molecular flexibility index (Phi) is 8.46. The molecule has 3 aliphatic heterocycles. The maximum atomic E-state index is 14.0. The number of halogens is 1. The van der Waals surface area contributed by atoms with Gasteiger partial charge in [-0.3, -0.25) is 19.4 Å². The van der Waals surface area contributed by atoms with Crippen molar-refractivity contribution in [2.75, 3.05) is 50.8 Å². The number of piperazine rings is 1. The van der Waals surface area contributed by atoms with Gasteiger partial charge in [-0.15, -0.1) is 0 Å². The fourth-order valence-electron chi connectivity index (χ4n) is 6.66. The van der Waals surface area contributed by atoms with Crippen LogP contribution in [0.15, 0.2) is 41.3 Å². The largest absolute Gasteiger partial charge is 0.465 e. The molecule has 0 spiro atoms. The molecule has 1 aromatic carbocycles. The van der Waals surface area contributed by atoms with E-state index in [1.807, 2.05) is 20.8 Å². The number of carbonyl (C=O) groups is 2. The Bertz CT molecular complexity index is 1370. The third-order valence-corrected chi connectivity index (χ3v) is 9.06. The molecule has 0 unspecified atom stereocenters. The summed E-state index contributed by atoms with van der Waals surface area (Å²) in [6, 6.07) is 7.61. The van der Waals surface area contributed by atoms with Gasteiger partial charge in [0.2, 0.25) is 5.91 Å². The summed E-state index contributed by atoms with van der Waals surface area (Å²) in [4.78, 5) is 46.8. The highest BCUT2D eigenvalue weighted by Gasteiger charge is 2.42. The second kappa shape index (κ2) is 11.8. The van der Waals surface area contributed by atoms with Crippen molar-refractivity contribution in [1.29, 1.82) is 0 Å². The molecule has 228 valence electrons. The van der Waals surface area contributed by atoms with Gasteiger partial charge < -0.3 is 24.2 Å². The minimum atomic E-state index is -0.948. The minimum Gasteiger partial charge on any atom is -0.465 e. The first kappa shape index (κ1) is 30.2. The van der Waals surface area contributed by atoms with E-state index in [4.69, 9.17) is 4.74 Å². The van der Waals surface area contributed by atoms with Crippen molar-refractivity contribution in [2.45, 2.75) is 70.7 Å². The smallest absolute Gasteiger partial charge is 0.407 e. The molecular weight excluding hydrogens is 541 g/mol. The van der Waals surface area contributed by atoms with Crippen molar-refractivity contribution in [3.05, 3.63) is 63.8 Å². The number of carbonyl (C=O) groups excluding carboxylic acids is 1. The fourth-order valence-corrected chi connectivity index (χ4v) is 6.66. The summed E-state index contributed by atoms with van der Waals surface area (Å²) in [5.74, 6) is -0.425. The zero-order valence-electron chi connectivity index (χ0n) is 25.1. The van der Waals surface area contributed by atoms with Gasteiger partial charge in [0.1, 0.15) is 5.82 Å². The molecule has 4 heterocycles. The normalized spacial score (nSPS) is 26.3. The standard InChI is InChI=1S/C31H42FN5O5/c1-20-11-33(25(14-36(20)30(40)41)13-35-21(2)17-42-18-22(35)3)16-29(39)37-19-31(4,5)26-10-28(38)34(15-27(26)37)12-23-6-8-24(32)9-7-23/h6-10,15,20-22,25H,11-14,16-19H2,1-5H3,(H,40,41)/t20-,21-,22-,25+/m1/s1. The summed E-state index contributed by atoms with van der Waals surface area (Å²) in [7, 11) is 0. The molecule has 5 rings (SSSR count). The second-order valence-electron chi connectivity index (χ2n) is 12.8. The molecule has 0 bridgehead atoms. The number of amides is 2. The summed E-state index contributed by atoms with van der Waals surface area (Å²) in [6.45, 7) is 13.6. The van der Waals surface area contributed by atoms with Gasteiger partial charge in [0.15, 0.2) is 0 Å². The topological polar surface area (TPSA) is 98.6 Å². The van der Waals surface area contributed by atoms with Crippen LogP contribution in [0.4, 0.5) is 14.9 Å². The number of morpholine rings is 1. The Morgan fingerprint density at radius 3 is 2.36 bits per heavy atom. The number of aromatic nitrogens is 1. The predicted octanol–water partition coefficient (Wildman–Crippen LogP) is 2.82. The molecule has 4 atom stereocenters. The number of anilines is 1. The minimum absolute atomic E-state index is 0.0853. The van der Waals surface area contributed by atoms with E-state index in [1.54, 1.807) is 33.9 Å². The molecule has 0 aliphatic carbocycles. The van der Waals surface area contributed by atoms with E-state index >= 15 is 0 Å². The van der Waals surface area contributed by atoms with Crippen molar-refractivity contribution >= 4 is 17.7 Å². The number of fused-ring (bicyclic) bond motifs is 1. The third kappa shape index (κ3) is 6.09. The van der Waals surface area contributed by atoms with Crippen LogP contribution in [0.3, 0.4) is 0 Å². The van der Waals surface area contributed by atoms with Gasteiger partial charge in [-0.05, 0) is 44.0 Å². The Morgan fingerprint density at radius 2 is 1.71 bits per heavy atom. The van der Waals surface area contributed by atoms with Crippen LogP contribution in [0.1, 0.15) is 45.7 Å². The highest BCUT2D eigenvalue weighted by Crippen LogP contribution is 2.39. The maximum Gasteiger partial charge on any atom is 0.407 e. The summed E-state index contributed by atoms with van der Waals surface area (Å²) < 4.78 is 20.7. The zero-order chi connectivity index (χ0) is 30.3. The number of carboxylic acid groups (broad SMARTS) is 1. The van der Waals surface area contributed by atoms with Crippen molar-refractivity contribution in [3.63, 3.8) is 0 Å². The highest BCUT2D eigenvalue weighted by molar-refractivity contribution is 5.97. The van der Waals surface area contributed by atoms with Gasteiger partial charge >= 0.3 is 6.09 Å². The predicted molar refractivity (Wildman–Crippen MR) is 158 cm³/mol. The molecule has 11 heteroatoms. The molecule has 42 heavy (non-hydrogen) atoms. The molecule has 2 amide bonds. The number of ether oxygens (including phenoxy) is 1. The first-order chi connectivity index (χ1) is 19.8. The number of hydrogen-bond donors (Lipinski definition) is 1. The maximum absolute atomic E-state index is 14.0. The van der Waals surface area contributed by atoms with E-state index in [0.717, 1.165) is 11.1 Å². The molecule has 2 aromatic rings. The number of rotatable bonds is 6. The van der Waals surface area contributed by atoms with Crippen molar-refractivity contribution in [3.8, 4) is 0 Å². The summed E-state index contributed by atoms with van der Waals surface area (Å²) >= 11 is 0. The number of nitrogens with zero attached hydrogens (tertiary/aromatic N) is 5. The van der Waals surface area contributed by atoms with Crippen LogP contribution >= 0.6 is 0 Å². The Morgan fingerprint density at radius 1 is 1.05 bits per heavy atom. The SMILES string of the molecule is C[C@@H]1CN(CC(=O)N2CC(C)(C)c3cc(=O)n(Cc4ccc(F)cc4)cc32)[C@@H](CN2[C@H](C)COC[C@H]2C)CN1C(=O)O. The van der Waals surface area contributed by atoms with E-state index in [2.05, 4.69) is 23.6 Å². The van der Waals surface area contributed by atoms with E-state index in [-0.39, 0.29) is 54.5 Å². The summed E-state index contributed by atoms with van der Waals surface area (Å²) in [6.07, 6.45) is 0.795. The van der Waals surface area contributed by atoms with E-state index < -0.39 is 11.5 Å². The molecule has 0 radical (unpaired) electrons. The number of hydrogen-bond acceptors (Lipinski definition) is 6. The monoisotopic (exact) mass is 583 g/mol. The molecule has 1 aromatic heterocycles. The first-order valence-electron chi connectivity index (χ1n) is 14.7. The van der Waals surface area contributed by atoms with Gasteiger partial charge in [0.25, 0.3) is 5.56 Å². The highest BCUT2D eigenvalue weighted by atomic mass is 19.1. The Balaban J connectivity index is 1.40. The molecular formula is C31H42FN5O5. The molecule has 2 saturated heterocycles. The van der Waals surface area contributed by atoms with E-state index in [1.165, 1.54) is 17.0 Å². The van der Waals surface area contributed by atoms with Crippen molar-refractivity contribution < 1.29 is 23.8 Å². The van der Waals surface area contributed by atoms with Crippen LogP contribution < -0.4 is 10.5 Å². The molecule has 3 aliphatic rings. The Labute approximate surface area is 246 Å². The van der Waals surface area contributed by atoms with Gasteiger partial charge in [-0.25, -0.2) is 9.18 Å². The molecule has 2 fully saturated rings. The van der Waals surface area contributed by atoms with Crippen molar-refractivity contribution in [2.24, 2.45) is 0 Å². The lowest BCUT2D eigenvalue weighted by Crippen LogP contribution is -2.64. The lowest BCUT2D eigenvalue weighted by Gasteiger charge is -2.48. The summed E-state index contributed by atoms with van der Waals surface area (Å²) in [5.41, 5.74) is 1.73. The van der Waals surface area contributed by atoms with Crippen LogP contribution in [-0.2, 0) is 21.5 Å². The molecule has 1 N–H and O–H groups in total. The zero-order valence-corrected chi connectivity index (χ0v) is 25.1. The lowest BCUT2D eigenvalue weighted by molar-refractivity contribution is -0.122. The quantitative estimate of drug-likeness (QED) is 0.559. The lowest BCUT2D eigenvalue weighted by atomic mass is 9.87. The van der Waals surface area contributed by atoms with Crippen LogP contribution in [0, 0.1) is 5.82 Å². The van der Waals surface area contributed by atoms with Crippen LogP contribution in [0.5, 0.6) is 0 Å². The van der Waals surface area contributed by atoms with Gasteiger partial charge in [-0.2, -0.15) is 0 Å². The van der Waals surface area contributed by atoms with Crippen LogP contribution in [-0.4, -0.2) is 106 Å². The van der Waals surface area contributed by atoms with Gasteiger partial charge in [0.05, 0.1) is 32.0 Å². The number of benzene rings is 1. The number of pyridine rings is 1. The second-order valence-corrected chi connectivity index (χ2v) is 12.8. The van der Waals surface area contributed by atoms with Crippen LogP contribution in [0.2, 0.25) is 0 Å². The average molecular weight is 584 g/mol. The first-order valence-corrected chi connectivity index (χ1v) is 14.7. The van der Waals surface area contributed by atoms with Gasteiger partial charge in [-0.1, -0.05) is 26.0 Å². The van der Waals surface area contributed by atoms with Crippen LogP contribution in [0.25, 0.3) is 0 Å². The summed E-state index contributed by atoms with van der Waals surface area (Å²) in [5, 5.41) is 9.86. The van der Waals surface area contributed by atoms with Crippen molar-refractivity contribution in [1.82, 2.24) is 19.3 Å². The Hall–Kier alpha value is -3.28.